The molecule has 0 bridgehead atoms. The molecule has 0 spiro atoms. The van der Waals surface area contributed by atoms with E-state index in [4.69, 9.17) is 0 Å². The molecule has 1 saturated heterocycles. The summed E-state index contributed by atoms with van der Waals surface area (Å²) in [7, 11) is 0. The highest BCUT2D eigenvalue weighted by Crippen LogP contribution is 2.17. The number of halogens is 1. The van der Waals surface area contributed by atoms with Crippen molar-refractivity contribution in [3.8, 4) is 0 Å². The van der Waals surface area contributed by atoms with E-state index in [-0.39, 0.29) is 5.82 Å². The van der Waals surface area contributed by atoms with E-state index in [1.165, 1.54) is 18.4 Å². The van der Waals surface area contributed by atoms with Crippen LogP contribution in [0.2, 0.25) is 0 Å². The van der Waals surface area contributed by atoms with Crippen molar-refractivity contribution in [2.75, 3.05) is 13.1 Å². The lowest BCUT2D eigenvalue weighted by atomic mass is 10.0. The summed E-state index contributed by atoms with van der Waals surface area (Å²) in [6.07, 6.45) is 2.39. The summed E-state index contributed by atoms with van der Waals surface area (Å²) in [6, 6.07) is 8.06. The van der Waals surface area contributed by atoms with E-state index in [1.807, 2.05) is 12.1 Å². The molecule has 2 unspecified atom stereocenters. The first kappa shape index (κ1) is 15.5. The quantitative estimate of drug-likeness (QED) is 0.908. The fourth-order valence-electron chi connectivity index (χ4n) is 2.98. The van der Waals surface area contributed by atoms with Gasteiger partial charge in [0.05, 0.1) is 0 Å². The van der Waals surface area contributed by atoms with Crippen molar-refractivity contribution < 1.29 is 4.39 Å². The van der Waals surface area contributed by atoms with Crippen LogP contribution in [-0.4, -0.2) is 30.1 Å². The second kappa shape index (κ2) is 7.19. The Kier molecular flexibility index (Phi) is 5.55. The molecule has 1 heterocycles. The zero-order valence-corrected chi connectivity index (χ0v) is 12.9. The van der Waals surface area contributed by atoms with Crippen molar-refractivity contribution in [1.82, 2.24) is 10.2 Å². The fraction of sp³-hybridized carbons (Fsp3) is 0.647. The van der Waals surface area contributed by atoms with E-state index in [0.717, 1.165) is 19.6 Å². The second-order valence-electron chi connectivity index (χ2n) is 6.47. The number of hydrogen-bond donors (Lipinski definition) is 1. The third-order valence-electron chi connectivity index (χ3n) is 4.13. The van der Waals surface area contributed by atoms with Gasteiger partial charge in [0.1, 0.15) is 5.82 Å². The largest absolute Gasteiger partial charge is 0.313 e. The molecule has 0 aromatic heterocycles. The van der Waals surface area contributed by atoms with Gasteiger partial charge in [-0.05, 0) is 49.9 Å². The Hall–Kier alpha value is -0.930. The third-order valence-corrected chi connectivity index (χ3v) is 4.13. The van der Waals surface area contributed by atoms with Crippen molar-refractivity contribution in [3.05, 3.63) is 35.6 Å². The Balaban J connectivity index is 2.00. The number of nitrogens with zero attached hydrogens (tertiary/aromatic N) is 1. The summed E-state index contributed by atoms with van der Waals surface area (Å²) < 4.78 is 13.0. The SMILES string of the molecule is CC(C)CC1CN(Cc2ccc(F)cc2)C(C)CCN1. The molecule has 1 aliphatic rings. The van der Waals surface area contributed by atoms with Gasteiger partial charge < -0.3 is 5.32 Å². The summed E-state index contributed by atoms with van der Waals surface area (Å²) in [5.41, 5.74) is 1.20. The third kappa shape index (κ3) is 4.57. The van der Waals surface area contributed by atoms with Crippen LogP contribution in [0.25, 0.3) is 0 Å². The molecule has 2 rings (SSSR count). The first-order valence-electron chi connectivity index (χ1n) is 7.76. The van der Waals surface area contributed by atoms with Gasteiger partial charge in [-0.3, -0.25) is 4.90 Å². The summed E-state index contributed by atoms with van der Waals surface area (Å²) in [5, 5.41) is 3.67. The average Bonchev–Trinajstić information content (AvgIpc) is 2.54. The molecule has 3 heteroatoms. The van der Waals surface area contributed by atoms with Crippen molar-refractivity contribution >= 4 is 0 Å². The Labute approximate surface area is 122 Å². The molecule has 1 N–H and O–H groups in total. The molecule has 1 fully saturated rings. The van der Waals surface area contributed by atoms with E-state index in [9.17, 15) is 4.39 Å². The summed E-state index contributed by atoms with van der Waals surface area (Å²) in [5.74, 6) is 0.561. The molecule has 0 radical (unpaired) electrons. The monoisotopic (exact) mass is 278 g/mol. The van der Waals surface area contributed by atoms with E-state index in [0.29, 0.717) is 18.0 Å². The highest BCUT2D eigenvalue weighted by molar-refractivity contribution is 5.16. The van der Waals surface area contributed by atoms with Crippen molar-refractivity contribution in [1.29, 1.82) is 0 Å². The fourth-order valence-corrected chi connectivity index (χ4v) is 2.98. The lowest BCUT2D eigenvalue weighted by Gasteiger charge is -2.29. The molecule has 2 nitrogen and oxygen atoms in total. The molecule has 0 amide bonds. The maximum atomic E-state index is 13.0. The van der Waals surface area contributed by atoms with Crippen LogP contribution in [0, 0.1) is 11.7 Å². The molecular weight excluding hydrogens is 251 g/mol. The molecule has 2 atom stereocenters. The standard InChI is InChI=1S/C17H27FN2/c1-13(2)10-17-12-20(14(3)8-9-19-17)11-15-4-6-16(18)7-5-15/h4-7,13-14,17,19H,8-12H2,1-3H3. The van der Waals surface area contributed by atoms with Gasteiger partial charge in [0.25, 0.3) is 0 Å². The minimum absolute atomic E-state index is 0.156. The first-order chi connectivity index (χ1) is 9.54. The van der Waals surface area contributed by atoms with Gasteiger partial charge in [0, 0.05) is 25.2 Å². The molecule has 1 aliphatic heterocycles. The Morgan fingerprint density at radius 3 is 2.65 bits per heavy atom. The van der Waals surface area contributed by atoms with E-state index < -0.39 is 0 Å². The van der Waals surface area contributed by atoms with E-state index >= 15 is 0 Å². The topological polar surface area (TPSA) is 15.3 Å². The summed E-state index contributed by atoms with van der Waals surface area (Å²) in [4.78, 5) is 2.53. The van der Waals surface area contributed by atoms with Crippen molar-refractivity contribution in [3.63, 3.8) is 0 Å². The predicted molar refractivity (Wildman–Crippen MR) is 82.1 cm³/mol. The van der Waals surface area contributed by atoms with Crippen molar-refractivity contribution in [2.45, 2.75) is 52.2 Å². The summed E-state index contributed by atoms with van der Waals surface area (Å²) in [6.45, 7) is 9.94. The average molecular weight is 278 g/mol. The molecule has 1 aromatic carbocycles. The van der Waals surface area contributed by atoms with E-state index in [2.05, 4.69) is 31.0 Å². The molecule has 0 aliphatic carbocycles. The first-order valence-corrected chi connectivity index (χ1v) is 7.76. The van der Waals surface area contributed by atoms with Gasteiger partial charge >= 0.3 is 0 Å². The Morgan fingerprint density at radius 2 is 2.00 bits per heavy atom. The zero-order chi connectivity index (χ0) is 14.5. The number of hydrogen-bond acceptors (Lipinski definition) is 2. The van der Waals surface area contributed by atoms with Crippen LogP contribution < -0.4 is 5.32 Å². The minimum Gasteiger partial charge on any atom is -0.313 e. The lowest BCUT2D eigenvalue weighted by molar-refractivity contribution is 0.189. The molecule has 20 heavy (non-hydrogen) atoms. The maximum Gasteiger partial charge on any atom is 0.123 e. The Bertz CT molecular complexity index is 402. The number of nitrogens with one attached hydrogen (secondary N) is 1. The molecule has 0 saturated carbocycles. The van der Waals surface area contributed by atoms with E-state index in [1.54, 1.807) is 12.1 Å². The van der Waals surface area contributed by atoms with Gasteiger partial charge in [-0.25, -0.2) is 4.39 Å². The molecular formula is C17H27FN2. The number of rotatable bonds is 4. The van der Waals surface area contributed by atoms with Crippen LogP contribution in [0.3, 0.4) is 0 Å². The van der Waals surface area contributed by atoms with Gasteiger partial charge in [0.2, 0.25) is 0 Å². The van der Waals surface area contributed by atoms with Gasteiger partial charge in [-0.1, -0.05) is 26.0 Å². The smallest absolute Gasteiger partial charge is 0.123 e. The number of benzene rings is 1. The van der Waals surface area contributed by atoms with Crippen molar-refractivity contribution in [2.24, 2.45) is 5.92 Å². The molecule has 1 aromatic rings. The second-order valence-corrected chi connectivity index (χ2v) is 6.47. The normalized spacial score (nSPS) is 24.9. The maximum absolute atomic E-state index is 13.0. The van der Waals surface area contributed by atoms with Crippen LogP contribution in [0.15, 0.2) is 24.3 Å². The minimum atomic E-state index is -0.156. The zero-order valence-electron chi connectivity index (χ0n) is 12.9. The summed E-state index contributed by atoms with van der Waals surface area (Å²) >= 11 is 0. The van der Waals surface area contributed by atoms with Crippen LogP contribution in [0.5, 0.6) is 0 Å². The molecule has 112 valence electrons. The van der Waals surface area contributed by atoms with Crippen LogP contribution in [-0.2, 0) is 6.54 Å². The van der Waals surface area contributed by atoms with Gasteiger partial charge in [-0.2, -0.15) is 0 Å². The highest BCUT2D eigenvalue weighted by atomic mass is 19.1. The van der Waals surface area contributed by atoms with Gasteiger partial charge in [0.15, 0.2) is 0 Å². The van der Waals surface area contributed by atoms with Crippen LogP contribution in [0.4, 0.5) is 4.39 Å². The Morgan fingerprint density at radius 1 is 1.30 bits per heavy atom. The predicted octanol–water partition coefficient (Wildman–Crippen LogP) is 3.42. The highest BCUT2D eigenvalue weighted by Gasteiger charge is 2.23. The van der Waals surface area contributed by atoms with Gasteiger partial charge in [-0.15, -0.1) is 0 Å². The van der Waals surface area contributed by atoms with Crippen LogP contribution in [0.1, 0.15) is 39.2 Å². The van der Waals surface area contributed by atoms with Crippen LogP contribution >= 0.6 is 0 Å². The lowest BCUT2D eigenvalue weighted by Crippen LogP contribution is -2.40.